The van der Waals surface area contributed by atoms with Gasteiger partial charge >= 0.3 is 6.03 Å². The maximum absolute atomic E-state index is 13.8. The molecule has 0 atom stereocenters. The zero-order chi connectivity index (χ0) is 24.1. The summed E-state index contributed by atoms with van der Waals surface area (Å²) in [5.74, 6) is 1.38. The van der Waals surface area contributed by atoms with Crippen LogP contribution in [-0.4, -0.2) is 47.1 Å². The fourth-order valence-corrected chi connectivity index (χ4v) is 4.37. The van der Waals surface area contributed by atoms with E-state index in [2.05, 4.69) is 29.0 Å². The van der Waals surface area contributed by atoms with Crippen LogP contribution in [0.1, 0.15) is 42.1 Å². The van der Waals surface area contributed by atoms with Crippen LogP contribution in [0.4, 0.5) is 20.7 Å². The van der Waals surface area contributed by atoms with E-state index in [1.165, 1.54) is 11.6 Å². The number of aryl methyl sites for hydroxylation is 3. The molecule has 0 aliphatic carbocycles. The lowest BCUT2D eigenvalue weighted by Gasteiger charge is -2.36. The molecule has 0 radical (unpaired) electrons. The van der Waals surface area contributed by atoms with Gasteiger partial charge in [0.1, 0.15) is 17.5 Å². The predicted octanol–water partition coefficient (Wildman–Crippen LogP) is 4.99. The molecule has 0 spiro atoms. The summed E-state index contributed by atoms with van der Waals surface area (Å²) < 4.78 is 13.8. The highest BCUT2D eigenvalue weighted by Gasteiger charge is 2.25. The summed E-state index contributed by atoms with van der Waals surface area (Å²) in [5.41, 5.74) is 4.97. The van der Waals surface area contributed by atoms with E-state index < -0.39 is 0 Å². The number of urea groups is 1. The molecule has 6 nitrogen and oxygen atoms in total. The number of halogens is 1. The van der Waals surface area contributed by atoms with Crippen LogP contribution in [0.3, 0.4) is 0 Å². The third-order valence-electron chi connectivity index (χ3n) is 6.27. The van der Waals surface area contributed by atoms with Gasteiger partial charge in [0.25, 0.3) is 0 Å². The van der Waals surface area contributed by atoms with Crippen LogP contribution in [0.5, 0.6) is 0 Å². The summed E-state index contributed by atoms with van der Waals surface area (Å²) in [6.07, 6.45) is 2.32. The van der Waals surface area contributed by atoms with Gasteiger partial charge in [-0.15, -0.1) is 0 Å². The molecule has 1 aromatic heterocycles. The second-order valence-electron chi connectivity index (χ2n) is 8.63. The molecule has 2 aromatic carbocycles. The highest BCUT2D eigenvalue weighted by atomic mass is 19.1. The molecular weight excluding hydrogens is 429 g/mol. The predicted molar refractivity (Wildman–Crippen MR) is 134 cm³/mol. The van der Waals surface area contributed by atoms with Crippen molar-refractivity contribution in [2.75, 3.05) is 36.4 Å². The minimum absolute atomic E-state index is 0.0861. The van der Waals surface area contributed by atoms with Crippen molar-refractivity contribution in [2.45, 2.75) is 40.0 Å². The number of piperazine rings is 1. The van der Waals surface area contributed by atoms with Crippen molar-refractivity contribution in [2.24, 2.45) is 0 Å². The highest BCUT2D eigenvalue weighted by Crippen LogP contribution is 2.26. The normalized spacial score (nSPS) is 13.8. The molecule has 0 saturated carbocycles. The molecule has 1 N–H and O–H groups in total. The fourth-order valence-electron chi connectivity index (χ4n) is 4.37. The molecule has 7 heteroatoms. The second kappa shape index (κ2) is 10.6. The first-order chi connectivity index (χ1) is 16.5. The molecule has 2 heterocycles. The monoisotopic (exact) mass is 461 g/mol. The number of carbonyl (C=O) groups is 1. The second-order valence-corrected chi connectivity index (χ2v) is 8.63. The fraction of sp³-hybridized carbons (Fsp3) is 0.370. The van der Waals surface area contributed by atoms with Crippen molar-refractivity contribution in [3.8, 4) is 0 Å². The van der Waals surface area contributed by atoms with Crippen molar-refractivity contribution in [3.63, 3.8) is 0 Å². The van der Waals surface area contributed by atoms with E-state index in [1.54, 1.807) is 12.1 Å². The first-order valence-corrected chi connectivity index (χ1v) is 12.0. The van der Waals surface area contributed by atoms with Crippen LogP contribution in [0, 0.1) is 12.7 Å². The van der Waals surface area contributed by atoms with Gasteiger partial charge in [-0.25, -0.2) is 19.2 Å². The zero-order valence-corrected chi connectivity index (χ0v) is 20.1. The average molecular weight is 462 g/mol. The van der Waals surface area contributed by atoms with E-state index >= 15 is 0 Å². The van der Waals surface area contributed by atoms with E-state index in [4.69, 9.17) is 4.98 Å². The van der Waals surface area contributed by atoms with Gasteiger partial charge < -0.3 is 15.1 Å². The summed E-state index contributed by atoms with van der Waals surface area (Å²) in [6.45, 7) is 8.65. The van der Waals surface area contributed by atoms with Gasteiger partial charge in [0, 0.05) is 49.5 Å². The number of anilines is 2. The highest BCUT2D eigenvalue weighted by molar-refractivity contribution is 5.89. The number of hydrogen-bond acceptors (Lipinski definition) is 4. The van der Waals surface area contributed by atoms with E-state index in [-0.39, 0.29) is 11.8 Å². The third-order valence-corrected chi connectivity index (χ3v) is 6.27. The molecular formula is C27H32FN5O. The number of nitrogens with one attached hydrogen (secondary N) is 1. The maximum atomic E-state index is 13.8. The van der Waals surface area contributed by atoms with Gasteiger partial charge in [0.2, 0.25) is 0 Å². The van der Waals surface area contributed by atoms with Crippen molar-refractivity contribution in [1.82, 2.24) is 14.9 Å². The van der Waals surface area contributed by atoms with Crippen molar-refractivity contribution < 1.29 is 9.18 Å². The van der Waals surface area contributed by atoms with E-state index in [1.807, 2.05) is 42.2 Å². The largest absolute Gasteiger partial charge is 0.353 e. The summed E-state index contributed by atoms with van der Waals surface area (Å²) >= 11 is 0. The lowest BCUT2D eigenvalue weighted by atomic mass is 10.0. The van der Waals surface area contributed by atoms with Crippen LogP contribution in [-0.2, 0) is 19.3 Å². The Balaban J connectivity index is 1.47. The van der Waals surface area contributed by atoms with Gasteiger partial charge in [-0.1, -0.05) is 38.1 Å². The molecule has 34 heavy (non-hydrogen) atoms. The molecule has 4 rings (SSSR count). The van der Waals surface area contributed by atoms with Gasteiger partial charge in [-0.05, 0) is 55.2 Å². The smallest absolute Gasteiger partial charge is 0.321 e. The SMILES string of the molecule is CCc1ccc(NC(=O)N2CCN(c3nc(C)nc(CC)c3Cc3cccc(F)c3)CC2)cc1. The number of amides is 2. The number of hydrogen-bond donors (Lipinski definition) is 1. The van der Waals surface area contributed by atoms with Gasteiger partial charge in [0.15, 0.2) is 0 Å². The summed E-state index contributed by atoms with van der Waals surface area (Å²) in [7, 11) is 0. The van der Waals surface area contributed by atoms with Crippen molar-refractivity contribution in [3.05, 3.63) is 82.6 Å². The number of aromatic nitrogens is 2. The van der Waals surface area contributed by atoms with Crippen LogP contribution in [0.2, 0.25) is 0 Å². The van der Waals surface area contributed by atoms with Crippen LogP contribution >= 0.6 is 0 Å². The van der Waals surface area contributed by atoms with Crippen LogP contribution in [0.15, 0.2) is 48.5 Å². The molecule has 1 saturated heterocycles. The first-order valence-electron chi connectivity index (χ1n) is 12.0. The van der Waals surface area contributed by atoms with Gasteiger partial charge in [0.05, 0.1) is 0 Å². The quantitative estimate of drug-likeness (QED) is 0.562. The minimum atomic E-state index is -0.242. The first kappa shape index (κ1) is 23.7. The Morgan fingerprint density at radius 2 is 1.71 bits per heavy atom. The molecule has 2 amide bonds. The molecule has 178 valence electrons. The Bertz CT molecular complexity index is 1140. The third kappa shape index (κ3) is 5.53. The molecule has 1 fully saturated rings. The Labute approximate surface area is 200 Å². The Kier molecular flexibility index (Phi) is 7.40. The summed E-state index contributed by atoms with van der Waals surface area (Å²) in [6, 6.07) is 14.6. The Morgan fingerprint density at radius 3 is 2.35 bits per heavy atom. The lowest BCUT2D eigenvalue weighted by molar-refractivity contribution is 0.208. The Hall–Kier alpha value is -3.48. The lowest BCUT2D eigenvalue weighted by Crippen LogP contribution is -2.50. The molecule has 0 unspecified atom stereocenters. The number of nitrogens with zero attached hydrogens (tertiary/aromatic N) is 4. The molecule has 0 bridgehead atoms. The topological polar surface area (TPSA) is 61.4 Å². The standard InChI is InChI=1S/C27H32FN5O/c1-4-20-9-11-23(12-10-20)31-27(34)33-15-13-32(14-16-33)26-24(25(5-2)29-19(3)30-26)18-21-7-6-8-22(28)17-21/h6-12,17H,4-5,13-16,18H2,1-3H3,(H,31,34). The van der Waals surface area contributed by atoms with E-state index in [0.717, 1.165) is 47.0 Å². The van der Waals surface area contributed by atoms with E-state index in [0.29, 0.717) is 32.6 Å². The minimum Gasteiger partial charge on any atom is -0.353 e. The van der Waals surface area contributed by atoms with Crippen molar-refractivity contribution in [1.29, 1.82) is 0 Å². The van der Waals surface area contributed by atoms with Crippen LogP contribution < -0.4 is 10.2 Å². The summed E-state index contributed by atoms with van der Waals surface area (Å²) in [4.78, 5) is 26.3. The van der Waals surface area contributed by atoms with E-state index in [9.17, 15) is 9.18 Å². The molecule has 1 aliphatic rings. The summed E-state index contributed by atoms with van der Waals surface area (Å²) in [5, 5.41) is 3.00. The van der Waals surface area contributed by atoms with Gasteiger partial charge in [-0.2, -0.15) is 0 Å². The average Bonchev–Trinajstić information content (AvgIpc) is 2.85. The number of benzene rings is 2. The van der Waals surface area contributed by atoms with Crippen LogP contribution in [0.25, 0.3) is 0 Å². The van der Waals surface area contributed by atoms with Gasteiger partial charge in [-0.3, -0.25) is 0 Å². The maximum Gasteiger partial charge on any atom is 0.321 e. The Morgan fingerprint density at radius 1 is 0.971 bits per heavy atom. The molecule has 3 aromatic rings. The number of carbonyl (C=O) groups excluding carboxylic acids is 1. The molecule has 1 aliphatic heterocycles. The number of rotatable bonds is 6. The zero-order valence-electron chi connectivity index (χ0n) is 20.1. The van der Waals surface area contributed by atoms with Crippen molar-refractivity contribution >= 4 is 17.5 Å².